The first-order valence-electron chi connectivity index (χ1n) is 8.24. The Bertz CT molecular complexity index is 876. The maximum Gasteiger partial charge on any atom is 0.225 e. The van der Waals surface area contributed by atoms with Gasteiger partial charge in [-0.2, -0.15) is 0 Å². The molecule has 0 aliphatic heterocycles. The van der Waals surface area contributed by atoms with Crippen molar-refractivity contribution >= 4 is 57.8 Å². The third-order valence-corrected chi connectivity index (χ3v) is 6.53. The Labute approximate surface area is 164 Å². The highest BCUT2D eigenvalue weighted by molar-refractivity contribution is 7.31. The quantitative estimate of drug-likeness (QED) is 0.471. The van der Waals surface area contributed by atoms with Crippen molar-refractivity contribution in [2.24, 2.45) is 0 Å². The number of hydrogen-bond donors (Lipinski definition) is 2. The summed E-state index contributed by atoms with van der Waals surface area (Å²) in [6.07, 6.45) is 0. The van der Waals surface area contributed by atoms with Crippen LogP contribution in [0.25, 0.3) is 11.1 Å². The number of phenols is 1. The number of carbonyl (C=O) groups is 1. The second-order valence-corrected chi connectivity index (χ2v) is 9.35. The van der Waals surface area contributed by atoms with Gasteiger partial charge in [-0.1, -0.05) is 6.92 Å². The second-order valence-electron chi connectivity index (χ2n) is 7.00. The van der Waals surface area contributed by atoms with Crippen LogP contribution in [0.5, 0.6) is 5.75 Å². The zero-order valence-corrected chi connectivity index (χ0v) is 19.3. The number of nitrogens with one attached hydrogen (secondary N) is 1. The molecule has 2 aromatic carbocycles. The average Bonchev–Trinajstić information content (AvgIpc) is 2.54. The van der Waals surface area contributed by atoms with E-state index in [9.17, 15) is 9.90 Å². The Kier molecular flexibility index (Phi) is 6.24. The van der Waals surface area contributed by atoms with E-state index < -0.39 is 5.06 Å². The van der Waals surface area contributed by atoms with Gasteiger partial charge in [-0.05, 0) is 83.8 Å². The van der Waals surface area contributed by atoms with E-state index in [4.69, 9.17) is 7.85 Å². The van der Waals surface area contributed by atoms with E-state index in [0.717, 1.165) is 27.3 Å². The molecule has 1 amide bonds. The number of aromatic hydroxyl groups is 1. The number of rotatable bonds is 3. The van der Waals surface area contributed by atoms with Crippen LogP contribution in [0.2, 0.25) is 0 Å². The van der Waals surface area contributed by atoms with Crippen LogP contribution in [-0.2, 0) is 4.79 Å². The molecular weight excluding hydrogens is 378 g/mol. The van der Waals surface area contributed by atoms with E-state index in [-0.39, 0.29) is 11.7 Å². The minimum absolute atomic E-state index is 0.0185. The third kappa shape index (κ3) is 3.99. The molecule has 0 spiro atoms. The van der Waals surface area contributed by atoms with Gasteiger partial charge in [0.2, 0.25) is 5.91 Å². The molecule has 2 N–H and O–H groups in total. The molecule has 136 valence electrons. The number of amides is 1. The van der Waals surface area contributed by atoms with Crippen molar-refractivity contribution < 1.29 is 9.90 Å². The van der Waals surface area contributed by atoms with Crippen molar-refractivity contribution in [1.82, 2.24) is 0 Å². The van der Waals surface area contributed by atoms with Crippen molar-refractivity contribution in [3.8, 4) is 16.9 Å². The number of anilines is 1. The van der Waals surface area contributed by atoms with Gasteiger partial charge in [0.05, 0.1) is 13.5 Å². The van der Waals surface area contributed by atoms with Gasteiger partial charge in [0.1, 0.15) is 5.75 Å². The maximum atomic E-state index is 12.2. The predicted molar refractivity (Wildman–Crippen MR) is 124 cm³/mol. The first-order valence-corrected chi connectivity index (χ1v) is 9.97. The van der Waals surface area contributed by atoms with Crippen LogP contribution in [0.15, 0.2) is 12.1 Å². The SMILES string of the molecule is [B]C(C)(P)C(=O)Nc1cc(-c2c(P)c(C)c(C)c(C)c2P)c(C)cc1O. The monoisotopic (exact) mass is 403 g/mol. The fraction of sp³-hybridized carbons (Fsp3) is 0.316. The van der Waals surface area contributed by atoms with Crippen LogP contribution in [0, 0.1) is 27.7 Å². The minimum atomic E-state index is -1.12. The van der Waals surface area contributed by atoms with E-state index in [1.807, 2.05) is 13.0 Å². The molecule has 0 saturated heterocycles. The molecule has 2 aromatic rings. The topological polar surface area (TPSA) is 49.3 Å². The molecule has 3 nitrogen and oxygen atoms in total. The molecule has 0 bridgehead atoms. The lowest BCUT2D eigenvalue weighted by Gasteiger charge is -2.22. The average molecular weight is 403 g/mol. The standard InChI is InChI=1S/C19H25BNO2P3/c1-8-6-14(22)13(21-18(23)19(5,20)26)7-12(8)15-16(24)10(3)9(2)11(4)17(15)25/h6-7,22H,24-26H2,1-5H3,(H,21,23). The Morgan fingerprint density at radius 2 is 1.58 bits per heavy atom. The lowest BCUT2D eigenvalue weighted by Crippen LogP contribution is -2.34. The van der Waals surface area contributed by atoms with Gasteiger partial charge in [-0.3, -0.25) is 4.79 Å². The van der Waals surface area contributed by atoms with Gasteiger partial charge in [0.25, 0.3) is 0 Å². The highest BCUT2D eigenvalue weighted by atomic mass is 31.0. The molecule has 0 aliphatic rings. The van der Waals surface area contributed by atoms with Gasteiger partial charge in [-0.25, -0.2) is 0 Å². The predicted octanol–water partition coefficient (Wildman–Crippen LogP) is 2.99. The molecule has 2 radical (unpaired) electrons. The lowest BCUT2D eigenvalue weighted by molar-refractivity contribution is -0.116. The van der Waals surface area contributed by atoms with E-state index >= 15 is 0 Å². The summed E-state index contributed by atoms with van der Waals surface area (Å²) in [5.41, 5.74) is 7.00. The summed E-state index contributed by atoms with van der Waals surface area (Å²) in [5.74, 6) is -0.369. The van der Waals surface area contributed by atoms with E-state index in [2.05, 4.69) is 53.8 Å². The van der Waals surface area contributed by atoms with Gasteiger partial charge in [0.15, 0.2) is 0 Å². The summed E-state index contributed by atoms with van der Waals surface area (Å²) in [5, 5.41) is 14.1. The van der Waals surface area contributed by atoms with E-state index in [0.29, 0.717) is 5.69 Å². The number of carbonyl (C=O) groups excluding carboxylic acids is 1. The van der Waals surface area contributed by atoms with Crippen LogP contribution in [0.3, 0.4) is 0 Å². The summed E-state index contributed by atoms with van der Waals surface area (Å²) in [6, 6.07) is 3.48. The molecule has 4 atom stereocenters. The molecule has 0 fully saturated rings. The van der Waals surface area contributed by atoms with E-state index in [1.165, 1.54) is 16.7 Å². The molecule has 0 heterocycles. The summed E-state index contributed by atoms with van der Waals surface area (Å²) in [6.45, 7) is 9.86. The normalized spacial score (nSPS) is 13.4. The number of phenolic OH excluding ortho intramolecular Hbond substituents is 1. The number of aryl methyl sites for hydroxylation is 1. The van der Waals surface area contributed by atoms with Crippen molar-refractivity contribution in [3.05, 3.63) is 34.4 Å². The van der Waals surface area contributed by atoms with Gasteiger partial charge >= 0.3 is 0 Å². The summed E-state index contributed by atoms with van der Waals surface area (Å²) in [7, 11) is 13.8. The molecule has 26 heavy (non-hydrogen) atoms. The van der Waals surface area contributed by atoms with Gasteiger partial charge in [-0.15, -0.1) is 27.7 Å². The minimum Gasteiger partial charge on any atom is -0.506 e. The van der Waals surface area contributed by atoms with Gasteiger partial charge < -0.3 is 10.4 Å². The largest absolute Gasteiger partial charge is 0.506 e. The zero-order chi connectivity index (χ0) is 20.0. The smallest absolute Gasteiger partial charge is 0.225 e. The highest BCUT2D eigenvalue weighted by Crippen LogP contribution is 2.35. The molecule has 0 aromatic heterocycles. The van der Waals surface area contributed by atoms with Crippen molar-refractivity contribution in [2.75, 3.05) is 5.32 Å². The van der Waals surface area contributed by atoms with Crippen LogP contribution in [-0.4, -0.2) is 23.9 Å². The molecule has 0 aliphatic carbocycles. The second kappa shape index (κ2) is 7.59. The summed E-state index contributed by atoms with van der Waals surface area (Å²) < 4.78 is 0. The Balaban J connectivity index is 2.70. The van der Waals surface area contributed by atoms with Gasteiger partial charge in [0, 0.05) is 5.06 Å². The fourth-order valence-electron chi connectivity index (χ4n) is 2.81. The zero-order valence-electron chi connectivity index (χ0n) is 15.8. The van der Waals surface area contributed by atoms with E-state index in [1.54, 1.807) is 13.0 Å². The Morgan fingerprint density at radius 3 is 2.04 bits per heavy atom. The summed E-state index contributed by atoms with van der Waals surface area (Å²) >= 11 is 0. The fourth-order valence-corrected chi connectivity index (χ4v) is 4.11. The van der Waals surface area contributed by atoms with Crippen molar-refractivity contribution in [3.63, 3.8) is 0 Å². The first-order chi connectivity index (χ1) is 11.9. The van der Waals surface area contributed by atoms with Crippen LogP contribution in [0.4, 0.5) is 5.69 Å². The molecular formula is C19H25BNO2P3. The third-order valence-electron chi connectivity index (χ3n) is 4.82. The number of hydrogen-bond acceptors (Lipinski definition) is 2. The number of benzene rings is 2. The van der Waals surface area contributed by atoms with Crippen LogP contribution < -0.4 is 15.9 Å². The highest BCUT2D eigenvalue weighted by Gasteiger charge is 2.23. The van der Waals surface area contributed by atoms with Crippen molar-refractivity contribution in [1.29, 1.82) is 0 Å². The Hall–Kier alpha value is -0.935. The van der Waals surface area contributed by atoms with Crippen molar-refractivity contribution in [2.45, 2.75) is 39.7 Å². The molecule has 0 saturated carbocycles. The summed E-state index contributed by atoms with van der Waals surface area (Å²) in [4.78, 5) is 12.2. The lowest BCUT2D eigenvalue weighted by atomic mass is 9.87. The molecule has 2 rings (SSSR count). The van der Waals surface area contributed by atoms with Crippen LogP contribution in [0.1, 0.15) is 29.2 Å². The maximum absolute atomic E-state index is 12.2. The molecule has 4 unspecified atom stereocenters. The molecule has 7 heteroatoms. The first kappa shape index (κ1) is 21.4. The van der Waals surface area contributed by atoms with Crippen LogP contribution >= 0.6 is 27.7 Å². The Morgan fingerprint density at radius 1 is 1.08 bits per heavy atom.